The highest BCUT2D eigenvalue weighted by molar-refractivity contribution is 5.91. The minimum atomic E-state index is 0.553. The fourth-order valence-electron chi connectivity index (χ4n) is 3.73. The Balaban J connectivity index is 1.66. The molecule has 0 aliphatic carbocycles. The summed E-state index contributed by atoms with van der Waals surface area (Å²) in [6, 6.07) is 14.9. The Morgan fingerprint density at radius 3 is 2.67 bits per heavy atom. The zero-order chi connectivity index (χ0) is 18.8. The fraction of sp³-hybridized carbons (Fsp3) is 0.304. The molecule has 1 aromatic heterocycles. The molecule has 136 valence electrons. The van der Waals surface area contributed by atoms with Crippen molar-refractivity contribution < 1.29 is 0 Å². The molecule has 0 saturated carbocycles. The number of nitrogens with zero attached hydrogens (tertiary/aromatic N) is 3. The largest absolute Gasteiger partial charge is 0.372 e. The van der Waals surface area contributed by atoms with Crippen LogP contribution in [0, 0.1) is 25.2 Å². The van der Waals surface area contributed by atoms with Crippen LogP contribution < -0.4 is 4.90 Å². The Morgan fingerprint density at radius 2 is 1.93 bits per heavy atom. The van der Waals surface area contributed by atoms with Gasteiger partial charge in [0.05, 0.1) is 16.6 Å². The van der Waals surface area contributed by atoms with Gasteiger partial charge in [-0.05, 0) is 80.1 Å². The van der Waals surface area contributed by atoms with E-state index in [1.165, 1.54) is 36.1 Å². The number of nitrogens with one attached hydrogen (secondary N) is 1. The average Bonchev–Trinajstić information content (AvgIpc) is 3.10. The van der Waals surface area contributed by atoms with Crippen molar-refractivity contribution in [2.24, 2.45) is 0 Å². The van der Waals surface area contributed by atoms with E-state index in [1.54, 1.807) is 0 Å². The van der Waals surface area contributed by atoms with Crippen LogP contribution in [0.15, 0.2) is 36.4 Å². The lowest BCUT2D eigenvalue weighted by molar-refractivity contribution is 0.578. The lowest BCUT2D eigenvalue weighted by Gasteiger charge is -2.29. The van der Waals surface area contributed by atoms with E-state index < -0.39 is 0 Å². The number of nitriles is 1. The highest BCUT2D eigenvalue weighted by Gasteiger charge is 2.13. The molecule has 27 heavy (non-hydrogen) atoms. The molecule has 1 aliphatic heterocycles. The first-order chi connectivity index (χ1) is 13.1. The number of allylic oxidation sites excluding steroid dienone is 1. The molecule has 0 spiro atoms. The van der Waals surface area contributed by atoms with Crippen LogP contribution in [0.3, 0.4) is 0 Å². The van der Waals surface area contributed by atoms with E-state index in [-0.39, 0.29) is 0 Å². The van der Waals surface area contributed by atoms with Gasteiger partial charge in [0.15, 0.2) is 0 Å². The number of imidazole rings is 1. The maximum Gasteiger partial charge on any atom is 0.149 e. The van der Waals surface area contributed by atoms with Gasteiger partial charge in [-0.3, -0.25) is 0 Å². The summed E-state index contributed by atoms with van der Waals surface area (Å²) < 4.78 is 0. The van der Waals surface area contributed by atoms with E-state index in [0.29, 0.717) is 11.4 Å². The maximum absolute atomic E-state index is 9.68. The topological polar surface area (TPSA) is 55.7 Å². The van der Waals surface area contributed by atoms with E-state index in [2.05, 4.69) is 52.1 Å². The second-order valence-electron chi connectivity index (χ2n) is 7.36. The smallest absolute Gasteiger partial charge is 0.149 e. The van der Waals surface area contributed by atoms with Crippen LogP contribution in [-0.4, -0.2) is 23.1 Å². The van der Waals surface area contributed by atoms with Gasteiger partial charge in [-0.2, -0.15) is 5.26 Å². The molecule has 4 nitrogen and oxygen atoms in total. The third-order valence-electron chi connectivity index (χ3n) is 5.29. The summed E-state index contributed by atoms with van der Waals surface area (Å²) in [5.41, 5.74) is 7.09. The number of fused-ring (bicyclic) bond motifs is 1. The average molecular weight is 356 g/mol. The van der Waals surface area contributed by atoms with Crippen LogP contribution in [0.2, 0.25) is 0 Å². The molecule has 0 amide bonds. The second-order valence-corrected chi connectivity index (χ2v) is 7.36. The van der Waals surface area contributed by atoms with Crippen LogP contribution in [0.4, 0.5) is 5.69 Å². The van der Waals surface area contributed by atoms with Crippen molar-refractivity contribution in [2.75, 3.05) is 18.0 Å². The van der Waals surface area contributed by atoms with Gasteiger partial charge in [0.2, 0.25) is 0 Å². The number of H-pyrrole nitrogens is 1. The lowest BCUT2D eigenvalue weighted by Crippen LogP contribution is -2.29. The summed E-state index contributed by atoms with van der Waals surface area (Å²) in [7, 11) is 0. The van der Waals surface area contributed by atoms with Gasteiger partial charge in [-0.15, -0.1) is 0 Å². The molecule has 0 radical (unpaired) electrons. The maximum atomic E-state index is 9.68. The minimum Gasteiger partial charge on any atom is -0.372 e. The minimum absolute atomic E-state index is 0.553. The number of benzene rings is 2. The van der Waals surface area contributed by atoms with Crippen molar-refractivity contribution in [3.05, 3.63) is 58.9 Å². The van der Waals surface area contributed by atoms with Crippen molar-refractivity contribution in [1.29, 1.82) is 5.26 Å². The fourth-order valence-corrected chi connectivity index (χ4v) is 3.73. The highest BCUT2D eigenvalue weighted by Crippen LogP contribution is 2.26. The van der Waals surface area contributed by atoms with Crippen LogP contribution >= 0.6 is 0 Å². The Morgan fingerprint density at radius 1 is 1.11 bits per heavy atom. The molecule has 4 rings (SSSR count). The van der Waals surface area contributed by atoms with Gasteiger partial charge in [-0.1, -0.05) is 12.1 Å². The molecule has 1 aliphatic rings. The monoisotopic (exact) mass is 356 g/mol. The number of piperidine rings is 1. The zero-order valence-corrected chi connectivity index (χ0v) is 15.9. The molecule has 0 atom stereocenters. The van der Waals surface area contributed by atoms with Crippen molar-refractivity contribution in [3.63, 3.8) is 0 Å². The number of aryl methyl sites for hydroxylation is 2. The van der Waals surface area contributed by atoms with Gasteiger partial charge in [0.1, 0.15) is 11.9 Å². The molecule has 4 heteroatoms. The first kappa shape index (κ1) is 17.4. The van der Waals surface area contributed by atoms with E-state index in [4.69, 9.17) is 0 Å². The number of anilines is 1. The summed E-state index contributed by atoms with van der Waals surface area (Å²) in [5.74, 6) is 0.623. The zero-order valence-electron chi connectivity index (χ0n) is 15.9. The third-order valence-corrected chi connectivity index (χ3v) is 5.29. The molecule has 3 aromatic rings. The van der Waals surface area contributed by atoms with Gasteiger partial charge < -0.3 is 9.88 Å². The predicted octanol–water partition coefficient (Wildman–Crippen LogP) is 5.23. The van der Waals surface area contributed by atoms with E-state index >= 15 is 0 Å². The molecule has 0 unspecified atom stereocenters. The molecular weight excluding hydrogens is 332 g/mol. The summed E-state index contributed by atoms with van der Waals surface area (Å²) in [4.78, 5) is 10.3. The Bertz CT molecular complexity index is 1050. The second kappa shape index (κ2) is 7.28. The number of rotatable bonds is 3. The first-order valence-electron chi connectivity index (χ1n) is 9.58. The Labute approximate surface area is 160 Å². The van der Waals surface area contributed by atoms with Gasteiger partial charge in [-0.25, -0.2) is 4.98 Å². The molecule has 1 fully saturated rings. The summed E-state index contributed by atoms with van der Waals surface area (Å²) in [6.45, 7) is 6.43. The molecule has 0 bridgehead atoms. The summed E-state index contributed by atoms with van der Waals surface area (Å²) in [6.07, 6.45) is 5.80. The Hall–Kier alpha value is -3.06. The van der Waals surface area contributed by atoms with Crippen molar-refractivity contribution in [2.45, 2.75) is 33.1 Å². The predicted molar refractivity (Wildman–Crippen MR) is 112 cm³/mol. The normalized spacial score (nSPS) is 15.1. The number of hydrogen-bond acceptors (Lipinski definition) is 3. The van der Waals surface area contributed by atoms with Gasteiger partial charge in [0, 0.05) is 18.8 Å². The molecule has 1 N–H and O–H groups in total. The first-order valence-corrected chi connectivity index (χ1v) is 9.58. The van der Waals surface area contributed by atoms with Gasteiger partial charge >= 0.3 is 0 Å². The summed E-state index contributed by atoms with van der Waals surface area (Å²) in [5, 5.41) is 9.68. The summed E-state index contributed by atoms with van der Waals surface area (Å²) >= 11 is 0. The molecule has 2 aromatic carbocycles. The SMILES string of the molecule is Cc1ccc2nc(/C(C#N)=C\c3ccc(N4CCCCC4)cc3C)[nH]c2c1. The highest BCUT2D eigenvalue weighted by atomic mass is 15.1. The van der Waals surface area contributed by atoms with E-state index in [0.717, 1.165) is 29.7 Å². The number of aromatic amines is 1. The van der Waals surface area contributed by atoms with Crippen molar-refractivity contribution in [3.8, 4) is 6.07 Å². The van der Waals surface area contributed by atoms with Crippen LogP contribution in [0.25, 0.3) is 22.7 Å². The molecule has 1 saturated heterocycles. The molecule has 2 heterocycles. The van der Waals surface area contributed by atoms with Crippen molar-refractivity contribution in [1.82, 2.24) is 9.97 Å². The Kier molecular flexibility index (Phi) is 4.68. The van der Waals surface area contributed by atoms with Crippen LogP contribution in [0.1, 0.15) is 41.8 Å². The lowest BCUT2D eigenvalue weighted by atomic mass is 10.0. The van der Waals surface area contributed by atoms with Crippen molar-refractivity contribution >= 4 is 28.4 Å². The standard InChI is InChI=1S/C23H24N4/c1-16-6-9-21-22(12-16)26-23(25-21)19(15-24)14-18-7-8-20(13-17(18)2)27-10-4-3-5-11-27/h6-9,12-14H,3-5,10-11H2,1-2H3,(H,25,26)/b19-14-. The third kappa shape index (κ3) is 3.59. The van der Waals surface area contributed by atoms with Crippen LogP contribution in [0.5, 0.6) is 0 Å². The van der Waals surface area contributed by atoms with E-state index in [9.17, 15) is 5.26 Å². The van der Waals surface area contributed by atoms with E-state index in [1.807, 2.05) is 25.1 Å². The quantitative estimate of drug-likeness (QED) is 0.653. The van der Waals surface area contributed by atoms with Crippen LogP contribution in [-0.2, 0) is 0 Å². The number of aromatic nitrogens is 2. The van der Waals surface area contributed by atoms with Gasteiger partial charge in [0.25, 0.3) is 0 Å². The number of hydrogen-bond donors (Lipinski definition) is 1. The molecular formula is C23H24N4.